The topological polar surface area (TPSA) is 64.3 Å². The van der Waals surface area contributed by atoms with Crippen LogP contribution in [0.5, 0.6) is 0 Å². The van der Waals surface area contributed by atoms with Gasteiger partial charge in [-0.15, -0.1) is 0 Å². The number of carboxylic acids is 1. The number of nitrogens with zero attached hydrogens (tertiary/aromatic N) is 2. The van der Waals surface area contributed by atoms with Crippen LogP contribution in [0.25, 0.3) is 0 Å². The van der Waals surface area contributed by atoms with Crippen LogP contribution in [-0.4, -0.2) is 27.1 Å². The van der Waals surface area contributed by atoms with Crippen molar-refractivity contribution in [2.45, 2.75) is 58.2 Å². The minimum atomic E-state index is -0.999. The molecule has 0 aliphatic carbocycles. The number of aliphatic carboxylic acids is 1. The van der Waals surface area contributed by atoms with Crippen molar-refractivity contribution in [3.8, 4) is 6.07 Å². The van der Waals surface area contributed by atoms with Gasteiger partial charge in [0.2, 0.25) is 0 Å². The third-order valence-corrected chi connectivity index (χ3v) is 5.04. The first-order chi connectivity index (χ1) is 10.7. The first-order valence-corrected chi connectivity index (χ1v) is 8.11. The monoisotopic (exact) mass is 314 g/mol. The highest BCUT2D eigenvalue weighted by molar-refractivity contribution is 5.73. The molecule has 0 amide bonds. The molecule has 1 heterocycles. The van der Waals surface area contributed by atoms with Crippen LogP contribution in [0.1, 0.15) is 46.1 Å². The van der Waals surface area contributed by atoms with Gasteiger partial charge in [0.1, 0.15) is 5.92 Å². The van der Waals surface area contributed by atoms with E-state index in [4.69, 9.17) is 0 Å². The largest absolute Gasteiger partial charge is 0.480 e. The second-order valence-electron chi connectivity index (χ2n) is 7.81. The Bertz CT molecular complexity index is 584. The number of likely N-dealkylation sites (tertiary alicyclic amines) is 1. The van der Waals surface area contributed by atoms with Gasteiger partial charge < -0.3 is 5.11 Å². The van der Waals surface area contributed by atoms with Gasteiger partial charge in [-0.3, -0.25) is 9.69 Å². The fourth-order valence-electron chi connectivity index (χ4n) is 4.19. The van der Waals surface area contributed by atoms with Crippen LogP contribution < -0.4 is 0 Å². The summed E-state index contributed by atoms with van der Waals surface area (Å²) >= 11 is 0. The SMILES string of the molecule is CC1(C)CC(C(C#N)C(=O)O)CC(C)(C)N1Cc1ccccc1. The molecular weight excluding hydrogens is 288 g/mol. The molecule has 1 N–H and O–H groups in total. The second kappa shape index (κ2) is 6.33. The van der Waals surface area contributed by atoms with E-state index < -0.39 is 11.9 Å². The number of piperidine rings is 1. The average molecular weight is 314 g/mol. The quantitative estimate of drug-likeness (QED) is 0.920. The molecule has 0 radical (unpaired) electrons. The molecule has 0 bridgehead atoms. The van der Waals surface area contributed by atoms with E-state index in [1.165, 1.54) is 5.56 Å². The third-order valence-electron chi connectivity index (χ3n) is 5.04. The molecule has 1 aromatic carbocycles. The zero-order valence-corrected chi connectivity index (χ0v) is 14.4. The van der Waals surface area contributed by atoms with Gasteiger partial charge >= 0.3 is 5.97 Å². The van der Waals surface area contributed by atoms with Crippen molar-refractivity contribution in [1.82, 2.24) is 4.90 Å². The van der Waals surface area contributed by atoms with Crippen LogP contribution >= 0.6 is 0 Å². The lowest BCUT2D eigenvalue weighted by Crippen LogP contribution is -2.61. The van der Waals surface area contributed by atoms with Crippen molar-refractivity contribution in [3.05, 3.63) is 35.9 Å². The molecule has 4 nitrogen and oxygen atoms in total. The lowest BCUT2D eigenvalue weighted by molar-refractivity contribution is -0.144. The molecule has 1 aliphatic rings. The molecule has 4 heteroatoms. The summed E-state index contributed by atoms with van der Waals surface area (Å²) < 4.78 is 0. The number of carbonyl (C=O) groups is 1. The van der Waals surface area contributed by atoms with Gasteiger partial charge in [-0.2, -0.15) is 5.26 Å². The molecule has 2 rings (SSSR count). The third kappa shape index (κ3) is 3.73. The summed E-state index contributed by atoms with van der Waals surface area (Å²) in [4.78, 5) is 13.8. The Kier molecular flexibility index (Phi) is 4.81. The van der Waals surface area contributed by atoms with E-state index >= 15 is 0 Å². The van der Waals surface area contributed by atoms with Crippen molar-refractivity contribution in [3.63, 3.8) is 0 Å². The van der Waals surface area contributed by atoms with Gasteiger partial charge in [0.05, 0.1) is 6.07 Å². The van der Waals surface area contributed by atoms with E-state index in [2.05, 4.69) is 44.7 Å². The molecule has 1 aromatic rings. The summed E-state index contributed by atoms with van der Waals surface area (Å²) in [6.45, 7) is 9.44. The van der Waals surface area contributed by atoms with E-state index in [0.29, 0.717) is 12.8 Å². The minimum Gasteiger partial charge on any atom is -0.480 e. The van der Waals surface area contributed by atoms with Crippen LogP contribution in [0, 0.1) is 23.2 Å². The van der Waals surface area contributed by atoms with Crippen LogP contribution in [-0.2, 0) is 11.3 Å². The normalized spacial score (nSPS) is 22.2. The summed E-state index contributed by atoms with van der Waals surface area (Å²) in [5.41, 5.74) is 0.932. The van der Waals surface area contributed by atoms with Crippen LogP contribution in [0.15, 0.2) is 30.3 Å². The van der Waals surface area contributed by atoms with E-state index in [1.54, 1.807) is 0 Å². The van der Waals surface area contributed by atoms with Gasteiger partial charge in [0.25, 0.3) is 0 Å². The molecule has 0 saturated carbocycles. The van der Waals surface area contributed by atoms with Crippen LogP contribution in [0.3, 0.4) is 0 Å². The summed E-state index contributed by atoms with van der Waals surface area (Å²) in [5, 5.41) is 18.6. The number of hydrogen-bond acceptors (Lipinski definition) is 3. The predicted octanol–water partition coefficient (Wildman–Crippen LogP) is 3.68. The highest BCUT2D eigenvalue weighted by atomic mass is 16.4. The van der Waals surface area contributed by atoms with Gasteiger partial charge in [-0.05, 0) is 52.0 Å². The number of hydrogen-bond donors (Lipinski definition) is 1. The zero-order valence-electron chi connectivity index (χ0n) is 14.4. The van der Waals surface area contributed by atoms with Crippen molar-refractivity contribution < 1.29 is 9.90 Å². The number of benzene rings is 1. The molecule has 1 fully saturated rings. The summed E-state index contributed by atoms with van der Waals surface area (Å²) in [7, 11) is 0. The number of nitriles is 1. The fraction of sp³-hybridized carbons (Fsp3) is 0.579. The van der Waals surface area contributed by atoms with Gasteiger partial charge in [0.15, 0.2) is 0 Å². The maximum absolute atomic E-state index is 11.4. The number of rotatable bonds is 4. The van der Waals surface area contributed by atoms with Gasteiger partial charge in [0, 0.05) is 17.6 Å². The van der Waals surface area contributed by atoms with E-state index in [1.807, 2.05) is 24.3 Å². The number of carboxylic acid groups (broad SMARTS) is 1. The summed E-state index contributed by atoms with van der Waals surface area (Å²) in [5.74, 6) is -2.04. The molecular formula is C19H26N2O2. The van der Waals surface area contributed by atoms with Crippen molar-refractivity contribution in [1.29, 1.82) is 5.26 Å². The summed E-state index contributed by atoms with van der Waals surface area (Å²) in [6, 6.07) is 12.3. The Hall–Kier alpha value is -1.86. The van der Waals surface area contributed by atoms with Crippen LogP contribution in [0.2, 0.25) is 0 Å². The Labute approximate surface area is 138 Å². The van der Waals surface area contributed by atoms with E-state index in [9.17, 15) is 15.2 Å². The smallest absolute Gasteiger partial charge is 0.321 e. The van der Waals surface area contributed by atoms with E-state index in [0.717, 1.165) is 6.54 Å². The predicted molar refractivity (Wildman–Crippen MR) is 89.6 cm³/mol. The molecule has 1 aliphatic heterocycles. The maximum atomic E-state index is 11.4. The van der Waals surface area contributed by atoms with Crippen molar-refractivity contribution in [2.24, 2.45) is 11.8 Å². The zero-order chi connectivity index (χ0) is 17.3. The van der Waals surface area contributed by atoms with Crippen LogP contribution in [0.4, 0.5) is 0 Å². The van der Waals surface area contributed by atoms with Gasteiger partial charge in [-0.25, -0.2) is 0 Å². The molecule has 1 unspecified atom stereocenters. The second-order valence-corrected chi connectivity index (χ2v) is 7.81. The lowest BCUT2D eigenvalue weighted by Gasteiger charge is -2.56. The molecule has 0 spiro atoms. The standard InChI is InChI=1S/C19H26N2O2/c1-18(2)10-15(16(12-20)17(22)23)11-19(3,4)21(18)13-14-8-6-5-7-9-14/h5-9,15-16H,10-11,13H2,1-4H3,(H,22,23). The minimum absolute atomic E-state index is 0.116. The summed E-state index contributed by atoms with van der Waals surface area (Å²) in [6.07, 6.45) is 1.43. The maximum Gasteiger partial charge on any atom is 0.321 e. The molecule has 0 aromatic heterocycles. The fourth-order valence-corrected chi connectivity index (χ4v) is 4.19. The van der Waals surface area contributed by atoms with Crippen molar-refractivity contribution >= 4 is 5.97 Å². The first kappa shape index (κ1) is 17.5. The molecule has 23 heavy (non-hydrogen) atoms. The van der Waals surface area contributed by atoms with Gasteiger partial charge in [-0.1, -0.05) is 30.3 Å². The highest BCUT2D eigenvalue weighted by Gasteiger charge is 2.48. The Balaban J connectivity index is 2.27. The highest BCUT2D eigenvalue weighted by Crippen LogP contribution is 2.44. The first-order valence-electron chi connectivity index (χ1n) is 8.11. The average Bonchev–Trinajstić information content (AvgIpc) is 2.43. The Morgan fingerprint density at radius 2 is 1.78 bits per heavy atom. The Morgan fingerprint density at radius 3 is 2.22 bits per heavy atom. The lowest BCUT2D eigenvalue weighted by atomic mass is 9.69. The van der Waals surface area contributed by atoms with E-state index in [-0.39, 0.29) is 17.0 Å². The molecule has 124 valence electrons. The Morgan fingerprint density at radius 1 is 1.26 bits per heavy atom. The molecule has 1 saturated heterocycles. The molecule has 1 atom stereocenters. The van der Waals surface area contributed by atoms with Crippen molar-refractivity contribution in [2.75, 3.05) is 0 Å².